The molecule has 0 spiro atoms. The summed E-state index contributed by atoms with van der Waals surface area (Å²) in [5, 5.41) is 27.2. The summed E-state index contributed by atoms with van der Waals surface area (Å²) in [6.07, 6.45) is 15.8. The summed E-state index contributed by atoms with van der Waals surface area (Å²) in [7, 11) is 0. The highest BCUT2D eigenvalue weighted by Crippen LogP contribution is 2.57. The van der Waals surface area contributed by atoms with E-state index in [0.717, 1.165) is 85.3 Å². The van der Waals surface area contributed by atoms with Crippen LogP contribution in [0.5, 0.6) is 0 Å². The van der Waals surface area contributed by atoms with Gasteiger partial charge in [0.1, 0.15) is 93.7 Å². The van der Waals surface area contributed by atoms with Gasteiger partial charge in [-0.25, -0.2) is 59.8 Å². The van der Waals surface area contributed by atoms with Gasteiger partial charge in [-0.2, -0.15) is 0 Å². The van der Waals surface area contributed by atoms with E-state index in [4.69, 9.17) is 58.3 Å². The Balaban J connectivity index is 0.000000134. The number of nitrogens with zero attached hydrogens (tertiary/aromatic N) is 15. The number of aliphatic hydroxyl groups excluding tert-OH is 2. The first-order valence-electron chi connectivity index (χ1n) is 33.3. The van der Waals surface area contributed by atoms with Gasteiger partial charge >= 0.3 is 0 Å². The van der Waals surface area contributed by atoms with Crippen LogP contribution in [0.25, 0.3) is 66.2 Å². The van der Waals surface area contributed by atoms with Crippen molar-refractivity contribution >= 4 is 129 Å². The maximum absolute atomic E-state index is 10.9. The molecule has 0 unspecified atom stereocenters. The van der Waals surface area contributed by atoms with Crippen LogP contribution in [-0.2, 0) is 31.8 Å². The molecule has 2 aliphatic heterocycles. The van der Waals surface area contributed by atoms with Crippen LogP contribution in [0.4, 0.5) is 34.9 Å². The third-order valence-corrected chi connectivity index (χ3v) is 21.1. The van der Waals surface area contributed by atoms with E-state index < -0.39 is 29.2 Å². The second-order valence-corrected chi connectivity index (χ2v) is 29.4. The van der Waals surface area contributed by atoms with Crippen LogP contribution in [0.15, 0.2) is 146 Å². The Morgan fingerprint density at radius 1 is 0.480 bits per heavy atom. The first-order chi connectivity index (χ1) is 47.7. The largest absolute Gasteiger partial charge is 0.390 e. The van der Waals surface area contributed by atoms with Crippen molar-refractivity contribution in [3.05, 3.63) is 157 Å². The molecule has 0 amide bonds. The van der Waals surface area contributed by atoms with Crippen molar-refractivity contribution in [1.82, 2.24) is 73.5 Å². The molecule has 5 fully saturated rings. The Morgan fingerprint density at radius 2 is 0.863 bits per heavy atom. The molecule has 29 heteroatoms. The van der Waals surface area contributed by atoms with Gasteiger partial charge in [-0.15, -0.1) is 19.0 Å². The first-order valence-corrected chi connectivity index (χ1v) is 34.1. The molecule has 0 radical (unpaired) electrons. The highest BCUT2D eigenvalue weighted by atomic mass is 79.9. The number of halogens is 2. The Hall–Kier alpha value is -9.39. The van der Waals surface area contributed by atoms with Crippen LogP contribution >= 0.6 is 28.3 Å². The van der Waals surface area contributed by atoms with Gasteiger partial charge in [0.2, 0.25) is 0 Å². The van der Waals surface area contributed by atoms with Crippen LogP contribution in [-0.4, -0.2) is 132 Å². The van der Waals surface area contributed by atoms with Gasteiger partial charge in [0, 0.05) is 51.6 Å². The molecule has 12 aromatic rings. The van der Waals surface area contributed by atoms with Gasteiger partial charge in [-0.05, 0) is 190 Å². The molecule has 0 aromatic carbocycles. The zero-order valence-corrected chi connectivity index (χ0v) is 59.4. The fourth-order valence-corrected chi connectivity index (χ4v) is 15.7. The zero-order chi connectivity index (χ0) is 70.4. The number of hydrogen-bond donors (Lipinski definition) is 8. The minimum absolute atomic E-state index is 0. The molecule has 12 atom stereocenters. The number of anilines is 6. The number of nitrogens with two attached hydrogens (primary N) is 6. The smallest absolute Gasteiger partial charge is 0.163 e. The number of ether oxygens (including phenoxy) is 4. The molecular weight excluding hydrogens is 1380 g/mol. The van der Waals surface area contributed by atoms with E-state index >= 15 is 0 Å². The van der Waals surface area contributed by atoms with E-state index in [0.29, 0.717) is 76.8 Å². The highest BCUT2D eigenvalue weighted by molar-refractivity contribution is 9.10. The number of aromatic nitrogens is 15. The molecule has 0 bridgehead atoms. The van der Waals surface area contributed by atoms with Crippen LogP contribution in [0.1, 0.15) is 118 Å². The lowest BCUT2D eigenvalue weighted by atomic mass is 9.80. The molecule has 27 nitrogen and oxygen atoms in total. The zero-order valence-electron chi connectivity index (χ0n) is 57.0. The van der Waals surface area contributed by atoms with Crippen molar-refractivity contribution in [2.75, 3.05) is 34.4 Å². The number of aliphatic hydroxyl groups is 2. The number of nitrogen functional groups attached to an aromatic ring is 6. The van der Waals surface area contributed by atoms with Crippen molar-refractivity contribution in [2.45, 2.75) is 167 Å². The SMILES string of the molecule is C.C=C[C@@]1(C)C[C@@H](n2ccc3c(N)ncnc32)[C@@H]2OC(C)(C)O[C@@H]21.CC1(C)O[C@H]2[C@H](n3ccc4c(N)ncnc43)C[C@](C)(CCc3ccc4ccc(N)nc4n3)[C@H]2O1.C[C@]1(CCc2ccc3ccc(N)nc3n2)C[C@@H](n2ccc3c(N)ncnc32)[C@H](O)[C@@H]1O.Cl.Nc1ccc2ccc(Br)nc2n1. The normalized spacial score (nSPS) is 26.5. The molecule has 3 aliphatic carbocycles. The minimum atomic E-state index is -0.914. The fourth-order valence-electron chi connectivity index (χ4n) is 15.4. The molecular formula is C73H87BrClN21O6. The number of aryl methyl sites for hydroxylation is 2. The van der Waals surface area contributed by atoms with Gasteiger partial charge in [0.05, 0.1) is 52.6 Å². The summed E-state index contributed by atoms with van der Waals surface area (Å²) >= 11 is 3.27. The quantitative estimate of drug-likeness (QED) is 0.0466. The van der Waals surface area contributed by atoms with Gasteiger partial charge in [-0.1, -0.05) is 34.3 Å². The average molecular weight is 1470 g/mol. The highest BCUT2D eigenvalue weighted by Gasteiger charge is 2.61. The van der Waals surface area contributed by atoms with Crippen molar-refractivity contribution in [3.63, 3.8) is 0 Å². The summed E-state index contributed by atoms with van der Waals surface area (Å²) in [6.45, 7) is 18.4. The third kappa shape index (κ3) is 13.8. The number of rotatable bonds is 10. The second kappa shape index (κ2) is 27.8. The molecule has 12 aromatic heterocycles. The number of hydrogen-bond acceptors (Lipinski definition) is 24. The predicted octanol–water partition coefficient (Wildman–Crippen LogP) is 11.2. The van der Waals surface area contributed by atoms with Crippen molar-refractivity contribution in [3.8, 4) is 0 Å². The van der Waals surface area contributed by atoms with E-state index in [1.165, 1.54) is 19.0 Å². The molecule has 534 valence electrons. The standard InChI is InChI=1S/C25H29N7O2.C22H25N7O2.C17H22N4O2.C8H6BrN3.CH4.ClH/c1-24(2)33-19-17(32-11-9-16-21(27)28-13-29-23(16)32)12-25(3,20(19)34-24)10-8-15-6-4-14-5-7-18(26)31-22(14)30-15;1-22(8-6-13-4-2-12-3-5-16(23)28-20(12)27-13)10-15(17(30)18(22)31)29-9-7-14-19(24)25-11-26-21(14)29;1-5-17(4)8-11(12-13(17)23-16(2,3)22-12)21-7-6-10-14(18)19-9-20-15(10)21;9-6-3-1-5-2-4-7(10)12-8(5)11-6;;/h4-7,9,11,13,17,19-20H,8,10,12H2,1-3H3,(H2,26,30,31)(H2,27,28,29);2-5,7,9,11,15,17-18,30-31H,6,8,10H2,1H3,(H2,23,27,28)(H2,24,25,26);5-7,9,11-13H,1,8H2,2-4H3,(H2,18,19,20);1-4H,(H2,10,11,12);1H4;1H/t17-,19+,20+,25+;15-,17+,18+,22+;11-,12+,13+,17+;;;/m111.../s1. The van der Waals surface area contributed by atoms with Crippen molar-refractivity contribution < 1.29 is 29.2 Å². The lowest BCUT2D eigenvalue weighted by molar-refractivity contribution is -0.168. The predicted molar refractivity (Wildman–Crippen MR) is 401 cm³/mol. The first kappa shape index (κ1) is 72.4. The van der Waals surface area contributed by atoms with Crippen LogP contribution in [0, 0.1) is 16.2 Å². The maximum Gasteiger partial charge on any atom is 0.163 e. The number of pyridine rings is 6. The van der Waals surface area contributed by atoms with E-state index in [2.05, 4.69) is 112 Å². The molecule has 2 saturated heterocycles. The van der Waals surface area contributed by atoms with Crippen LogP contribution in [0.3, 0.4) is 0 Å². The Bertz CT molecular complexity index is 5060. The fraction of sp³-hybridized carbons (Fsp3) is 0.397. The third-order valence-electron chi connectivity index (χ3n) is 20.7. The molecule has 5 aliphatic rings. The van der Waals surface area contributed by atoms with Gasteiger partial charge in [0.25, 0.3) is 0 Å². The van der Waals surface area contributed by atoms with E-state index in [1.807, 2.05) is 125 Å². The molecule has 17 rings (SSSR count). The minimum Gasteiger partial charge on any atom is -0.390 e. The maximum atomic E-state index is 10.9. The molecule has 14 heterocycles. The van der Waals surface area contributed by atoms with Crippen LogP contribution in [0.2, 0.25) is 0 Å². The van der Waals surface area contributed by atoms with Crippen LogP contribution < -0.4 is 34.4 Å². The topological polar surface area (TPSA) is 403 Å². The monoisotopic (exact) mass is 1470 g/mol. The van der Waals surface area contributed by atoms with E-state index in [9.17, 15) is 10.2 Å². The number of fused-ring (bicyclic) bond motifs is 8. The van der Waals surface area contributed by atoms with Gasteiger partial charge < -0.3 is 77.3 Å². The lowest BCUT2D eigenvalue weighted by Gasteiger charge is -2.31. The summed E-state index contributed by atoms with van der Waals surface area (Å²) < 4.78 is 32.3. The second-order valence-electron chi connectivity index (χ2n) is 28.6. The molecule has 3 saturated carbocycles. The Labute approximate surface area is 603 Å². The van der Waals surface area contributed by atoms with Gasteiger partial charge in [0.15, 0.2) is 28.5 Å². The van der Waals surface area contributed by atoms with E-state index in [1.54, 1.807) is 18.2 Å². The summed E-state index contributed by atoms with van der Waals surface area (Å²) in [5.41, 5.74) is 40.6. The lowest BCUT2D eigenvalue weighted by Crippen LogP contribution is -2.35. The molecule has 14 N–H and O–H groups in total. The van der Waals surface area contributed by atoms with Crippen molar-refractivity contribution in [2.24, 2.45) is 16.2 Å². The average Bonchev–Trinajstić information content (AvgIpc) is 1.58. The Kier molecular flexibility index (Phi) is 19.7. The van der Waals surface area contributed by atoms with E-state index in [-0.39, 0.29) is 73.2 Å². The summed E-state index contributed by atoms with van der Waals surface area (Å²) in [4.78, 5) is 51.8. The summed E-state index contributed by atoms with van der Waals surface area (Å²) in [5.74, 6) is 1.56. The van der Waals surface area contributed by atoms with Gasteiger partial charge in [-0.3, -0.25) is 0 Å². The molecule has 102 heavy (non-hydrogen) atoms. The van der Waals surface area contributed by atoms with Crippen molar-refractivity contribution in [1.29, 1.82) is 0 Å². The Morgan fingerprint density at radius 3 is 1.32 bits per heavy atom. The summed E-state index contributed by atoms with van der Waals surface area (Å²) in [6, 6.07) is 28.6.